The molecule has 1 amide bonds. The van der Waals surface area contributed by atoms with Crippen molar-refractivity contribution in [2.75, 3.05) is 7.11 Å². The third-order valence-corrected chi connectivity index (χ3v) is 4.80. The van der Waals surface area contributed by atoms with Crippen LogP contribution in [0.4, 0.5) is 0 Å². The van der Waals surface area contributed by atoms with E-state index in [1.807, 2.05) is 47.0 Å². The smallest absolute Gasteiger partial charge is 0.271 e. The molecule has 0 bridgehead atoms. The largest absolute Gasteiger partial charge is 0.497 e. The van der Waals surface area contributed by atoms with Crippen LogP contribution in [-0.4, -0.2) is 28.4 Å². The van der Waals surface area contributed by atoms with Crippen LogP contribution in [-0.2, 0) is 0 Å². The summed E-state index contributed by atoms with van der Waals surface area (Å²) < 4.78 is 7.11. The van der Waals surface area contributed by atoms with E-state index in [0.717, 1.165) is 35.4 Å². The molecule has 1 N–H and O–H groups in total. The summed E-state index contributed by atoms with van der Waals surface area (Å²) in [6, 6.07) is 12.2. The number of hydrogen-bond acceptors (Lipinski definition) is 3. The van der Waals surface area contributed by atoms with Gasteiger partial charge >= 0.3 is 0 Å². The minimum atomic E-state index is -0.0819. The summed E-state index contributed by atoms with van der Waals surface area (Å²) in [6.45, 7) is 0. The van der Waals surface area contributed by atoms with Crippen molar-refractivity contribution in [1.29, 1.82) is 0 Å². The highest BCUT2D eigenvalue weighted by atomic mass is 16.5. The second-order valence-corrected chi connectivity index (χ2v) is 6.49. The molecular weight excluding hydrogens is 314 g/mol. The van der Waals surface area contributed by atoms with Gasteiger partial charge in [0.25, 0.3) is 5.91 Å². The number of ether oxygens (including phenoxy) is 1. The fourth-order valence-electron chi connectivity index (χ4n) is 3.38. The Balaban J connectivity index is 1.58. The van der Waals surface area contributed by atoms with Gasteiger partial charge in [0.1, 0.15) is 17.1 Å². The van der Waals surface area contributed by atoms with E-state index in [0.29, 0.717) is 11.7 Å². The molecule has 1 saturated carbocycles. The van der Waals surface area contributed by atoms with Gasteiger partial charge < -0.3 is 14.5 Å². The van der Waals surface area contributed by atoms with Gasteiger partial charge in [-0.3, -0.25) is 4.79 Å². The molecule has 5 nitrogen and oxygen atoms in total. The number of carbonyl (C=O) groups is 1. The lowest BCUT2D eigenvalue weighted by molar-refractivity contribution is 0.0933. The van der Waals surface area contributed by atoms with Gasteiger partial charge in [-0.2, -0.15) is 0 Å². The van der Waals surface area contributed by atoms with Crippen LogP contribution in [0, 0.1) is 0 Å². The summed E-state index contributed by atoms with van der Waals surface area (Å²) >= 11 is 0. The third-order valence-electron chi connectivity index (χ3n) is 4.80. The number of aromatic nitrogens is 2. The van der Waals surface area contributed by atoms with Crippen molar-refractivity contribution >= 4 is 11.6 Å². The summed E-state index contributed by atoms with van der Waals surface area (Å²) in [5.41, 5.74) is 3.40. The average Bonchev–Trinajstić information content (AvgIpc) is 3.30. The molecule has 5 heteroatoms. The highest BCUT2D eigenvalue weighted by molar-refractivity contribution is 5.93. The Labute approximate surface area is 146 Å². The second-order valence-electron chi connectivity index (χ2n) is 6.49. The molecule has 1 aliphatic carbocycles. The molecule has 1 aromatic carbocycles. The number of nitrogens with one attached hydrogen (secondary N) is 1. The van der Waals surface area contributed by atoms with E-state index in [4.69, 9.17) is 4.74 Å². The fraction of sp³-hybridized carbons (Fsp3) is 0.300. The molecule has 25 heavy (non-hydrogen) atoms. The monoisotopic (exact) mass is 335 g/mol. The van der Waals surface area contributed by atoms with Crippen LogP contribution in [0.2, 0.25) is 0 Å². The zero-order valence-corrected chi connectivity index (χ0v) is 14.2. The maximum absolute atomic E-state index is 12.4. The number of nitrogens with zero attached hydrogens (tertiary/aromatic N) is 2. The lowest BCUT2D eigenvalue weighted by Crippen LogP contribution is -2.32. The predicted molar refractivity (Wildman–Crippen MR) is 96.9 cm³/mol. The Bertz CT molecular complexity index is 893. The van der Waals surface area contributed by atoms with Gasteiger partial charge in [0.2, 0.25) is 0 Å². The molecule has 128 valence electrons. The standard InChI is InChI=1S/C20H21N3O2/c1-25-17-9-6-14(7-10-17)15-8-11-19-22-18(13-23(19)12-15)20(24)21-16-4-2-3-5-16/h6-13,16H,2-5H2,1H3,(H,21,24). The predicted octanol–water partition coefficient (Wildman–Crippen LogP) is 3.68. The summed E-state index contributed by atoms with van der Waals surface area (Å²) in [5, 5.41) is 3.09. The number of amides is 1. The molecule has 2 heterocycles. The Morgan fingerprint density at radius 3 is 2.52 bits per heavy atom. The quantitative estimate of drug-likeness (QED) is 0.791. The van der Waals surface area contributed by atoms with E-state index in [-0.39, 0.29) is 5.91 Å². The molecule has 0 aliphatic heterocycles. The van der Waals surface area contributed by atoms with Crippen LogP contribution < -0.4 is 10.1 Å². The van der Waals surface area contributed by atoms with Gasteiger partial charge in [-0.15, -0.1) is 0 Å². The van der Waals surface area contributed by atoms with Crippen molar-refractivity contribution in [3.63, 3.8) is 0 Å². The number of hydrogen-bond donors (Lipinski definition) is 1. The van der Waals surface area contributed by atoms with Crippen molar-refractivity contribution in [2.45, 2.75) is 31.7 Å². The number of methoxy groups -OCH3 is 1. The van der Waals surface area contributed by atoms with Gasteiger partial charge in [-0.25, -0.2) is 4.98 Å². The maximum atomic E-state index is 12.4. The summed E-state index contributed by atoms with van der Waals surface area (Å²) in [5.74, 6) is 0.750. The van der Waals surface area contributed by atoms with Crippen LogP contribution >= 0.6 is 0 Å². The molecule has 0 saturated heterocycles. The van der Waals surface area contributed by atoms with E-state index in [2.05, 4.69) is 10.3 Å². The molecular formula is C20H21N3O2. The van der Waals surface area contributed by atoms with Gasteiger partial charge in [0.15, 0.2) is 0 Å². The van der Waals surface area contributed by atoms with Crippen molar-refractivity contribution in [1.82, 2.24) is 14.7 Å². The summed E-state index contributed by atoms with van der Waals surface area (Å²) in [4.78, 5) is 16.8. The van der Waals surface area contributed by atoms with Crippen molar-refractivity contribution < 1.29 is 9.53 Å². The zero-order valence-electron chi connectivity index (χ0n) is 14.2. The van der Waals surface area contributed by atoms with Crippen LogP contribution in [0.25, 0.3) is 16.8 Å². The highest BCUT2D eigenvalue weighted by Crippen LogP contribution is 2.23. The number of fused-ring (bicyclic) bond motifs is 1. The SMILES string of the molecule is COc1ccc(-c2ccc3nc(C(=O)NC4CCCC4)cn3c2)cc1. The average molecular weight is 335 g/mol. The molecule has 4 rings (SSSR count). The lowest BCUT2D eigenvalue weighted by atomic mass is 10.1. The molecule has 0 unspecified atom stereocenters. The van der Waals surface area contributed by atoms with E-state index in [1.165, 1.54) is 12.8 Å². The molecule has 2 aromatic heterocycles. The number of rotatable bonds is 4. The van der Waals surface area contributed by atoms with Crippen LogP contribution in [0.15, 0.2) is 48.8 Å². The van der Waals surface area contributed by atoms with E-state index < -0.39 is 0 Å². The Kier molecular flexibility index (Phi) is 4.14. The number of pyridine rings is 1. The van der Waals surface area contributed by atoms with Crippen molar-refractivity contribution in [2.24, 2.45) is 0 Å². The minimum Gasteiger partial charge on any atom is -0.497 e. The number of carbonyl (C=O) groups excluding carboxylic acids is 1. The van der Waals surface area contributed by atoms with Crippen molar-refractivity contribution in [3.8, 4) is 16.9 Å². The number of benzene rings is 1. The van der Waals surface area contributed by atoms with Crippen LogP contribution in [0.3, 0.4) is 0 Å². The van der Waals surface area contributed by atoms with Crippen molar-refractivity contribution in [3.05, 3.63) is 54.5 Å². The first-order valence-electron chi connectivity index (χ1n) is 8.67. The highest BCUT2D eigenvalue weighted by Gasteiger charge is 2.19. The molecule has 0 atom stereocenters. The maximum Gasteiger partial charge on any atom is 0.271 e. The Morgan fingerprint density at radius 2 is 1.80 bits per heavy atom. The van der Waals surface area contributed by atoms with Gasteiger partial charge in [-0.05, 0) is 48.2 Å². The molecule has 3 aromatic rings. The molecule has 0 radical (unpaired) electrons. The third kappa shape index (κ3) is 3.22. The Morgan fingerprint density at radius 1 is 1.08 bits per heavy atom. The minimum absolute atomic E-state index is 0.0819. The first-order chi connectivity index (χ1) is 12.2. The second kappa shape index (κ2) is 6.59. The topological polar surface area (TPSA) is 55.6 Å². The first kappa shape index (κ1) is 15.7. The molecule has 0 spiro atoms. The fourth-order valence-corrected chi connectivity index (χ4v) is 3.38. The van der Waals surface area contributed by atoms with E-state index >= 15 is 0 Å². The van der Waals surface area contributed by atoms with E-state index in [9.17, 15) is 4.79 Å². The first-order valence-corrected chi connectivity index (χ1v) is 8.67. The molecule has 1 fully saturated rings. The Hall–Kier alpha value is -2.82. The van der Waals surface area contributed by atoms with E-state index in [1.54, 1.807) is 13.3 Å². The zero-order chi connectivity index (χ0) is 17.2. The lowest BCUT2D eigenvalue weighted by Gasteiger charge is -2.09. The molecule has 1 aliphatic rings. The number of imidazole rings is 1. The van der Waals surface area contributed by atoms with Crippen LogP contribution in [0.5, 0.6) is 5.75 Å². The van der Waals surface area contributed by atoms with Gasteiger partial charge in [-0.1, -0.05) is 25.0 Å². The summed E-state index contributed by atoms with van der Waals surface area (Å²) in [7, 11) is 1.66. The normalized spacial score (nSPS) is 14.8. The van der Waals surface area contributed by atoms with Gasteiger partial charge in [0.05, 0.1) is 7.11 Å². The summed E-state index contributed by atoms with van der Waals surface area (Å²) in [6.07, 6.45) is 8.33. The van der Waals surface area contributed by atoms with Crippen LogP contribution in [0.1, 0.15) is 36.2 Å². The van der Waals surface area contributed by atoms with Gasteiger partial charge in [0, 0.05) is 18.4 Å².